The van der Waals surface area contributed by atoms with E-state index in [0.29, 0.717) is 5.69 Å². The summed E-state index contributed by atoms with van der Waals surface area (Å²) in [5.41, 5.74) is 0.943. The fourth-order valence-corrected chi connectivity index (χ4v) is 2.71. The largest absolute Gasteiger partial charge is 0.381 e. The Morgan fingerprint density at radius 1 is 1.50 bits per heavy atom. The summed E-state index contributed by atoms with van der Waals surface area (Å²) in [5.74, 6) is 0.119. The van der Waals surface area contributed by atoms with Crippen molar-refractivity contribution in [1.29, 1.82) is 0 Å². The van der Waals surface area contributed by atoms with E-state index in [1.165, 1.54) is 0 Å². The molecule has 0 aromatic carbocycles. The van der Waals surface area contributed by atoms with Crippen LogP contribution < -0.4 is 0 Å². The summed E-state index contributed by atoms with van der Waals surface area (Å²) in [7, 11) is 0. The van der Waals surface area contributed by atoms with Crippen molar-refractivity contribution in [3.05, 3.63) is 24.0 Å². The Balaban J connectivity index is 1.72. The summed E-state index contributed by atoms with van der Waals surface area (Å²) in [6, 6.07) is 3.69. The molecule has 86 valence electrons. The van der Waals surface area contributed by atoms with Crippen LogP contribution in [0.5, 0.6) is 0 Å². The summed E-state index contributed by atoms with van der Waals surface area (Å²) in [6.45, 7) is 3.39. The molecule has 0 saturated carbocycles. The van der Waals surface area contributed by atoms with Gasteiger partial charge in [0, 0.05) is 31.3 Å². The number of rotatable bonds is 1. The molecule has 0 radical (unpaired) electrons. The van der Waals surface area contributed by atoms with E-state index in [4.69, 9.17) is 4.74 Å². The third-order valence-electron chi connectivity index (χ3n) is 3.74. The van der Waals surface area contributed by atoms with Crippen molar-refractivity contribution in [1.82, 2.24) is 9.88 Å². The van der Waals surface area contributed by atoms with E-state index in [0.717, 1.165) is 39.1 Å². The van der Waals surface area contributed by atoms with Gasteiger partial charge in [-0.1, -0.05) is 0 Å². The van der Waals surface area contributed by atoms with Crippen molar-refractivity contribution in [2.75, 3.05) is 26.3 Å². The number of nitrogens with zero attached hydrogens (tertiary/aromatic N) is 1. The third kappa shape index (κ3) is 1.53. The minimum Gasteiger partial charge on any atom is -0.381 e. The zero-order valence-corrected chi connectivity index (χ0v) is 9.24. The fourth-order valence-electron chi connectivity index (χ4n) is 2.71. The van der Waals surface area contributed by atoms with Crippen LogP contribution in [0.3, 0.4) is 0 Å². The first-order valence-corrected chi connectivity index (χ1v) is 5.80. The number of aromatic amines is 1. The smallest absolute Gasteiger partial charge is 0.270 e. The highest BCUT2D eigenvalue weighted by Crippen LogP contribution is 2.38. The zero-order valence-electron chi connectivity index (χ0n) is 9.24. The van der Waals surface area contributed by atoms with Crippen molar-refractivity contribution in [2.24, 2.45) is 5.41 Å². The van der Waals surface area contributed by atoms with Crippen LogP contribution in [0.15, 0.2) is 18.3 Å². The minimum atomic E-state index is 0.119. The van der Waals surface area contributed by atoms with Crippen LogP contribution in [-0.2, 0) is 4.74 Å². The first-order chi connectivity index (χ1) is 7.79. The Labute approximate surface area is 94.6 Å². The van der Waals surface area contributed by atoms with Gasteiger partial charge in [-0.2, -0.15) is 0 Å². The van der Waals surface area contributed by atoms with Crippen molar-refractivity contribution in [3.8, 4) is 0 Å². The molecule has 3 rings (SSSR count). The summed E-state index contributed by atoms with van der Waals surface area (Å²) in [5, 5.41) is 0. The van der Waals surface area contributed by atoms with Gasteiger partial charge in [0.05, 0.1) is 6.61 Å². The monoisotopic (exact) mass is 220 g/mol. The fraction of sp³-hybridized carbons (Fsp3) is 0.583. The summed E-state index contributed by atoms with van der Waals surface area (Å²) in [6.07, 6.45) is 3.97. The molecule has 0 aliphatic carbocycles. The van der Waals surface area contributed by atoms with Gasteiger partial charge in [-0.15, -0.1) is 0 Å². The molecule has 0 bridgehead atoms. The van der Waals surface area contributed by atoms with Gasteiger partial charge in [-0.05, 0) is 25.0 Å². The van der Waals surface area contributed by atoms with E-state index < -0.39 is 0 Å². The molecular weight excluding hydrogens is 204 g/mol. The Bertz CT molecular complexity index is 380. The van der Waals surface area contributed by atoms with Gasteiger partial charge < -0.3 is 14.6 Å². The van der Waals surface area contributed by atoms with Crippen LogP contribution in [-0.4, -0.2) is 42.1 Å². The molecule has 1 N–H and O–H groups in total. The standard InChI is InChI=1S/C12H16N2O2/c15-11(10-2-1-5-13-10)14-6-3-12(8-14)4-7-16-9-12/h1-2,5,13H,3-4,6-9H2/t12-/m0/s1. The maximum Gasteiger partial charge on any atom is 0.270 e. The molecule has 0 unspecified atom stereocenters. The lowest BCUT2D eigenvalue weighted by Gasteiger charge is -2.21. The van der Waals surface area contributed by atoms with Gasteiger partial charge in [0.25, 0.3) is 5.91 Å². The summed E-state index contributed by atoms with van der Waals surface area (Å²) in [4.78, 5) is 17.0. The van der Waals surface area contributed by atoms with Crippen molar-refractivity contribution < 1.29 is 9.53 Å². The molecule has 16 heavy (non-hydrogen) atoms. The van der Waals surface area contributed by atoms with Crippen LogP contribution >= 0.6 is 0 Å². The third-order valence-corrected chi connectivity index (χ3v) is 3.74. The predicted molar refractivity (Wildman–Crippen MR) is 59.2 cm³/mol. The molecule has 2 fully saturated rings. The lowest BCUT2D eigenvalue weighted by atomic mass is 9.87. The van der Waals surface area contributed by atoms with Gasteiger partial charge in [0.15, 0.2) is 0 Å². The molecule has 1 aromatic heterocycles. The lowest BCUT2D eigenvalue weighted by molar-refractivity contribution is 0.0760. The second kappa shape index (κ2) is 3.63. The van der Waals surface area contributed by atoms with Gasteiger partial charge in [0.1, 0.15) is 5.69 Å². The van der Waals surface area contributed by atoms with Crippen LogP contribution in [0, 0.1) is 5.41 Å². The maximum absolute atomic E-state index is 12.1. The number of likely N-dealkylation sites (tertiary alicyclic amines) is 1. The molecule has 4 heteroatoms. The number of hydrogen-bond acceptors (Lipinski definition) is 2. The highest BCUT2D eigenvalue weighted by molar-refractivity contribution is 5.92. The maximum atomic E-state index is 12.1. The van der Waals surface area contributed by atoms with Crippen LogP contribution in [0.1, 0.15) is 23.3 Å². The average molecular weight is 220 g/mol. The van der Waals surface area contributed by atoms with E-state index in [9.17, 15) is 4.79 Å². The van der Waals surface area contributed by atoms with E-state index >= 15 is 0 Å². The molecular formula is C12H16N2O2. The second-order valence-electron chi connectivity index (χ2n) is 4.86. The number of H-pyrrole nitrogens is 1. The molecule has 3 heterocycles. The van der Waals surface area contributed by atoms with Gasteiger partial charge in [-0.3, -0.25) is 4.79 Å². The van der Waals surface area contributed by atoms with Crippen LogP contribution in [0.4, 0.5) is 0 Å². The van der Waals surface area contributed by atoms with Gasteiger partial charge in [0.2, 0.25) is 0 Å². The minimum absolute atomic E-state index is 0.119. The Kier molecular flexibility index (Phi) is 2.24. The van der Waals surface area contributed by atoms with Crippen molar-refractivity contribution in [2.45, 2.75) is 12.8 Å². The molecule has 2 saturated heterocycles. The molecule has 1 amide bonds. The number of ether oxygens (including phenoxy) is 1. The number of nitrogens with one attached hydrogen (secondary N) is 1. The van der Waals surface area contributed by atoms with E-state index in [1.807, 2.05) is 17.0 Å². The van der Waals surface area contributed by atoms with Gasteiger partial charge in [-0.25, -0.2) is 0 Å². The summed E-state index contributed by atoms with van der Waals surface area (Å²) < 4.78 is 5.46. The first-order valence-electron chi connectivity index (χ1n) is 5.80. The SMILES string of the molecule is O=C(c1ccc[nH]1)N1CC[C@]2(CCOC2)C1. The number of carbonyl (C=O) groups is 1. The van der Waals surface area contributed by atoms with Crippen molar-refractivity contribution >= 4 is 5.91 Å². The molecule has 2 aliphatic rings. The molecule has 1 aromatic rings. The predicted octanol–water partition coefficient (Wildman–Crippen LogP) is 1.27. The lowest BCUT2D eigenvalue weighted by Crippen LogP contribution is -2.32. The second-order valence-corrected chi connectivity index (χ2v) is 4.86. The number of amides is 1. The van der Waals surface area contributed by atoms with Crippen LogP contribution in [0.25, 0.3) is 0 Å². The van der Waals surface area contributed by atoms with Crippen LogP contribution in [0.2, 0.25) is 0 Å². The van der Waals surface area contributed by atoms with E-state index in [2.05, 4.69) is 4.98 Å². The zero-order chi connectivity index (χ0) is 11.0. The first kappa shape index (κ1) is 9.90. The quantitative estimate of drug-likeness (QED) is 0.774. The molecule has 1 atom stereocenters. The summed E-state index contributed by atoms with van der Waals surface area (Å²) >= 11 is 0. The van der Waals surface area contributed by atoms with Gasteiger partial charge >= 0.3 is 0 Å². The highest BCUT2D eigenvalue weighted by Gasteiger charge is 2.42. The van der Waals surface area contributed by atoms with E-state index in [1.54, 1.807) is 6.20 Å². The average Bonchev–Trinajstić information content (AvgIpc) is 3.01. The number of carbonyl (C=O) groups excluding carboxylic acids is 1. The van der Waals surface area contributed by atoms with Crippen molar-refractivity contribution in [3.63, 3.8) is 0 Å². The van der Waals surface area contributed by atoms with E-state index in [-0.39, 0.29) is 11.3 Å². The molecule has 1 spiro atoms. The Morgan fingerprint density at radius 2 is 2.44 bits per heavy atom. The highest BCUT2D eigenvalue weighted by atomic mass is 16.5. The number of aromatic nitrogens is 1. The Hall–Kier alpha value is -1.29. The molecule has 4 nitrogen and oxygen atoms in total. The number of hydrogen-bond donors (Lipinski definition) is 1. The Morgan fingerprint density at radius 3 is 3.12 bits per heavy atom. The normalized spacial score (nSPS) is 29.1. The molecule has 2 aliphatic heterocycles. The topological polar surface area (TPSA) is 45.3 Å².